The predicted molar refractivity (Wildman–Crippen MR) is 66.7 cm³/mol. The molecule has 0 spiro atoms. The van der Waals surface area contributed by atoms with Gasteiger partial charge in [0.1, 0.15) is 0 Å². The molecular formula is C12H8O6S. The number of fused-ring (bicyclic) bond motifs is 1. The highest BCUT2D eigenvalue weighted by Gasteiger charge is 2.22. The molecule has 0 bridgehead atoms. The van der Waals surface area contributed by atoms with Gasteiger partial charge in [-0.2, -0.15) is 8.42 Å². The second-order valence-corrected chi connectivity index (χ2v) is 4.88. The number of benzene rings is 1. The van der Waals surface area contributed by atoms with Gasteiger partial charge in [-0.25, -0.2) is 9.59 Å². The fraction of sp³-hybridized carbons (Fsp3) is 0.0833. The molecule has 0 radical (unpaired) electrons. The number of hydrogen-bond acceptors (Lipinski definition) is 4. The van der Waals surface area contributed by atoms with Crippen molar-refractivity contribution in [3.05, 3.63) is 40.5 Å². The molecular weight excluding hydrogens is 272 g/mol. The first kappa shape index (κ1) is 13.0. The summed E-state index contributed by atoms with van der Waals surface area (Å²) >= 11 is 0. The van der Waals surface area contributed by atoms with E-state index in [2.05, 4.69) is 0 Å². The van der Waals surface area contributed by atoms with Crippen LogP contribution in [0.5, 0.6) is 0 Å². The number of carboxylic acid groups (broad SMARTS) is 2. The smallest absolute Gasteiger partial charge is 0.335 e. The van der Waals surface area contributed by atoms with Crippen molar-refractivity contribution in [3.63, 3.8) is 0 Å². The number of carbonyl (C=O) groups is 2. The highest BCUT2D eigenvalue weighted by molar-refractivity contribution is 7.73. The van der Waals surface area contributed by atoms with Gasteiger partial charge in [0, 0.05) is 17.6 Å². The number of aliphatic carboxylic acids is 1. The van der Waals surface area contributed by atoms with Crippen molar-refractivity contribution in [3.8, 4) is 0 Å². The summed E-state index contributed by atoms with van der Waals surface area (Å²) in [6.45, 7) is 0. The van der Waals surface area contributed by atoms with Gasteiger partial charge in [-0.05, 0) is 23.8 Å². The third-order valence-corrected chi connectivity index (χ3v) is 3.52. The summed E-state index contributed by atoms with van der Waals surface area (Å²) in [6, 6.07) is 3.92. The van der Waals surface area contributed by atoms with E-state index in [9.17, 15) is 18.0 Å². The van der Waals surface area contributed by atoms with Crippen LogP contribution in [0.1, 0.15) is 27.9 Å². The molecule has 2 rings (SSSR count). The van der Waals surface area contributed by atoms with E-state index < -0.39 is 22.2 Å². The van der Waals surface area contributed by atoms with Gasteiger partial charge < -0.3 is 10.2 Å². The quantitative estimate of drug-likeness (QED) is 0.770. The van der Waals surface area contributed by atoms with Crippen LogP contribution < -0.4 is 0 Å². The van der Waals surface area contributed by atoms with Gasteiger partial charge in [0.2, 0.25) is 10.3 Å². The normalized spacial score (nSPS) is 13.5. The maximum atomic E-state index is 11.1. The lowest BCUT2D eigenvalue weighted by molar-refractivity contribution is -0.132. The fourth-order valence-corrected chi connectivity index (χ4v) is 2.50. The van der Waals surface area contributed by atoms with Gasteiger partial charge in [0.15, 0.2) is 0 Å². The van der Waals surface area contributed by atoms with E-state index in [4.69, 9.17) is 10.2 Å². The lowest BCUT2D eigenvalue weighted by Gasteiger charge is -2.14. The van der Waals surface area contributed by atoms with Gasteiger partial charge in [-0.15, -0.1) is 0 Å². The molecule has 0 heterocycles. The molecule has 98 valence electrons. The van der Waals surface area contributed by atoms with Crippen molar-refractivity contribution in [2.75, 3.05) is 0 Å². The Hall–Kier alpha value is -2.41. The van der Waals surface area contributed by atoms with E-state index >= 15 is 0 Å². The van der Waals surface area contributed by atoms with Crippen LogP contribution >= 0.6 is 0 Å². The molecule has 0 saturated carbocycles. The highest BCUT2D eigenvalue weighted by atomic mass is 32.2. The van der Waals surface area contributed by atoms with Gasteiger partial charge in [-0.1, -0.05) is 6.07 Å². The van der Waals surface area contributed by atoms with E-state index in [0.29, 0.717) is 5.56 Å². The molecule has 6 nitrogen and oxygen atoms in total. The molecule has 2 N–H and O–H groups in total. The summed E-state index contributed by atoms with van der Waals surface area (Å²) in [5.41, 5.74) is 0.498. The van der Waals surface area contributed by atoms with Crippen molar-refractivity contribution in [1.29, 1.82) is 0 Å². The zero-order valence-corrected chi connectivity index (χ0v) is 10.3. The Labute approximate surface area is 109 Å². The summed E-state index contributed by atoms with van der Waals surface area (Å²) in [6.07, 6.45) is 1.09. The molecule has 1 aromatic carbocycles. The third-order valence-electron chi connectivity index (χ3n) is 2.76. The molecule has 1 aliphatic rings. The molecule has 0 unspecified atom stereocenters. The van der Waals surface area contributed by atoms with Crippen molar-refractivity contribution in [2.45, 2.75) is 6.42 Å². The minimum Gasteiger partial charge on any atom is -0.478 e. The molecule has 0 amide bonds. The summed E-state index contributed by atoms with van der Waals surface area (Å²) in [5, 5.41) is 17.8. The molecule has 0 aliphatic heterocycles. The van der Waals surface area contributed by atoms with Gasteiger partial charge in [-0.3, -0.25) is 0 Å². The average molecular weight is 280 g/mol. The van der Waals surface area contributed by atoms with Crippen LogP contribution in [-0.4, -0.2) is 35.4 Å². The minimum atomic E-state index is -2.55. The van der Waals surface area contributed by atoms with Crippen molar-refractivity contribution < 1.29 is 28.2 Å². The molecule has 0 atom stereocenters. The molecule has 0 fully saturated rings. The first-order valence-corrected chi connectivity index (χ1v) is 6.24. The molecule has 7 heteroatoms. The fourth-order valence-electron chi connectivity index (χ4n) is 1.86. The maximum absolute atomic E-state index is 11.1. The Bertz CT molecular complexity index is 746. The minimum absolute atomic E-state index is 0.0299. The lowest BCUT2D eigenvalue weighted by atomic mass is 9.91. The second-order valence-electron chi connectivity index (χ2n) is 3.92. The van der Waals surface area contributed by atoms with Crippen molar-refractivity contribution in [1.82, 2.24) is 0 Å². The second kappa shape index (κ2) is 4.69. The van der Waals surface area contributed by atoms with Gasteiger partial charge >= 0.3 is 11.9 Å². The summed E-state index contributed by atoms with van der Waals surface area (Å²) in [7, 11) is -2.55. The van der Waals surface area contributed by atoms with Crippen molar-refractivity contribution in [2.24, 2.45) is 0 Å². The number of aromatic carboxylic acids is 1. The summed E-state index contributed by atoms with van der Waals surface area (Å²) in [5.74, 6) is -2.39. The largest absolute Gasteiger partial charge is 0.478 e. The Balaban J connectivity index is 2.74. The maximum Gasteiger partial charge on any atom is 0.335 e. The Kier molecular flexibility index (Phi) is 3.22. The van der Waals surface area contributed by atoms with E-state index in [-0.39, 0.29) is 28.0 Å². The third kappa shape index (κ3) is 2.41. The van der Waals surface area contributed by atoms with Crippen LogP contribution in [0, 0.1) is 0 Å². The first-order valence-electron chi connectivity index (χ1n) is 5.17. The van der Waals surface area contributed by atoms with E-state index in [0.717, 1.165) is 0 Å². The van der Waals surface area contributed by atoms with E-state index in [1.165, 1.54) is 24.3 Å². The molecule has 0 saturated heterocycles. The Morgan fingerprint density at radius 3 is 2.32 bits per heavy atom. The number of hydrogen-bond donors (Lipinski definition) is 2. The Morgan fingerprint density at radius 1 is 1.11 bits per heavy atom. The van der Waals surface area contributed by atoms with Crippen LogP contribution in [0.2, 0.25) is 0 Å². The van der Waals surface area contributed by atoms with Crippen LogP contribution in [0.3, 0.4) is 0 Å². The molecule has 19 heavy (non-hydrogen) atoms. The highest BCUT2D eigenvalue weighted by Crippen LogP contribution is 2.25. The number of rotatable bonds is 2. The number of carboxylic acids is 2. The molecule has 1 aliphatic carbocycles. The van der Waals surface area contributed by atoms with Crippen LogP contribution in [0.4, 0.5) is 0 Å². The SMILES string of the molecule is O=C(O)C1=Cc2cc(C(=O)O)ccc2C(=S(=O)=O)C1. The van der Waals surface area contributed by atoms with Crippen LogP contribution in [-0.2, 0) is 15.1 Å². The standard InChI is InChI=1S/C12H8O6S/c13-11(14)6-1-2-9-7(3-6)4-8(12(15)16)5-10(9)19(17)18/h1-4H,5H2,(H,13,14)(H,15,16). The lowest BCUT2D eigenvalue weighted by Crippen LogP contribution is -2.16. The van der Waals surface area contributed by atoms with E-state index in [1.54, 1.807) is 0 Å². The Morgan fingerprint density at radius 2 is 1.79 bits per heavy atom. The first-order chi connectivity index (χ1) is 8.90. The summed E-state index contributed by atoms with van der Waals surface area (Å²) < 4.78 is 22.3. The zero-order chi connectivity index (χ0) is 14.2. The summed E-state index contributed by atoms with van der Waals surface area (Å²) in [4.78, 5) is 21.8. The predicted octanol–water partition coefficient (Wildman–Crippen LogP) is 0.656. The zero-order valence-electron chi connectivity index (χ0n) is 9.45. The van der Waals surface area contributed by atoms with Crippen molar-refractivity contribution >= 4 is 33.2 Å². The van der Waals surface area contributed by atoms with Crippen LogP contribution in [0.15, 0.2) is 23.8 Å². The van der Waals surface area contributed by atoms with Gasteiger partial charge in [0.05, 0.1) is 10.4 Å². The van der Waals surface area contributed by atoms with Gasteiger partial charge in [0.25, 0.3) is 0 Å². The average Bonchev–Trinajstić information content (AvgIpc) is 2.36. The van der Waals surface area contributed by atoms with E-state index in [1.807, 2.05) is 0 Å². The molecule has 1 aromatic rings. The monoisotopic (exact) mass is 280 g/mol. The van der Waals surface area contributed by atoms with Crippen LogP contribution in [0.25, 0.3) is 6.08 Å². The topological polar surface area (TPSA) is 109 Å². The molecule has 0 aromatic heterocycles.